The first-order valence-electron chi connectivity index (χ1n) is 6.84. The third-order valence-corrected chi connectivity index (χ3v) is 3.90. The maximum atomic E-state index is 5.57. The van der Waals surface area contributed by atoms with Crippen LogP contribution in [0, 0.1) is 12.8 Å². The van der Waals surface area contributed by atoms with Crippen LogP contribution in [0.1, 0.15) is 25.8 Å². The largest absolute Gasteiger partial charge is 0.380 e. The fourth-order valence-corrected chi connectivity index (χ4v) is 2.64. The van der Waals surface area contributed by atoms with Crippen LogP contribution in [0.2, 0.25) is 0 Å². The summed E-state index contributed by atoms with van der Waals surface area (Å²) in [6, 6.07) is 6.38. The molecule has 104 valence electrons. The highest BCUT2D eigenvalue weighted by atomic mass is 32.1. The number of aromatic nitrogens is 1. The second-order valence-corrected chi connectivity index (χ2v) is 6.24. The zero-order valence-corrected chi connectivity index (χ0v) is 12.7. The van der Waals surface area contributed by atoms with E-state index in [0.717, 1.165) is 36.8 Å². The number of nitrogens with zero attached hydrogens (tertiary/aromatic N) is 1. The minimum Gasteiger partial charge on any atom is -0.380 e. The molecule has 0 saturated carbocycles. The number of rotatable bonds is 7. The molecule has 0 bridgehead atoms. The lowest BCUT2D eigenvalue weighted by Gasteiger charge is -2.06. The van der Waals surface area contributed by atoms with E-state index in [-0.39, 0.29) is 0 Å². The fourth-order valence-electron chi connectivity index (χ4n) is 1.76. The summed E-state index contributed by atoms with van der Waals surface area (Å²) in [4.78, 5) is 4.57. The van der Waals surface area contributed by atoms with Gasteiger partial charge >= 0.3 is 0 Å². The lowest BCUT2D eigenvalue weighted by atomic mass is 10.1. The van der Waals surface area contributed by atoms with Crippen molar-refractivity contribution in [2.24, 2.45) is 5.92 Å². The van der Waals surface area contributed by atoms with Gasteiger partial charge in [0, 0.05) is 13.2 Å². The molecule has 0 amide bonds. The van der Waals surface area contributed by atoms with Gasteiger partial charge in [0.25, 0.3) is 0 Å². The van der Waals surface area contributed by atoms with E-state index in [1.807, 2.05) is 0 Å². The summed E-state index contributed by atoms with van der Waals surface area (Å²) in [6.45, 7) is 8.92. The number of aryl methyl sites for hydroxylation is 1. The zero-order valence-electron chi connectivity index (χ0n) is 11.9. The third kappa shape index (κ3) is 4.48. The molecule has 0 fully saturated rings. The van der Waals surface area contributed by atoms with Crippen molar-refractivity contribution in [1.29, 1.82) is 0 Å². The van der Waals surface area contributed by atoms with Gasteiger partial charge in [0.15, 0.2) is 5.13 Å². The summed E-state index contributed by atoms with van der Waals surface area (Å²) in [5.74, 6) is 0.709. The normalized spacial score (nSPS) is 11.4. The molecule has 0 radical (unpaired) electrons. The third-order valence-electron chi connectivity index (χ3n) is 2.91. The average molecular weight is 278 g/mol. The summed E-state index contributed by atoms with van der Waals surface area (Å²) < 4.78 is 6.80. The van der Waals surface area contributed by atoms with Gasteiger partial charge in [-0.25, -0.2) is 4.98 Å². The van der Waals surface area contributed by atoms with Crippen LogP contribution >= 0.6 is 11.3 Å². The molecular formula is C15H22N2OS. The molecule has 0 aliphatic heterocycles. The van der Waals surface area contributed by atoms with Crippen molar-refractivity contribution in [3.63, 3.8) is 0 Å². The molecule has 4 heteroatoms. The van der Waals surface area contributed by atoms with E-state index in [2.05, 4.69) is 49.3 Å². The SMILES string of the molecule is Cc1ccc2sc(NCCOCCC(C)C)nc2c1. The Bertz CT molecular complexity index is 522. The predicted octanol–water partition coefficient (Wildman–Crippen LogP) is 4.08. The first kappa shape index (κ1) is 14.3. The second kappa shape index (κ2) is 6.87. The number of ether oxygens (including phenoxy) is 1. The molecule has 0 aliphatic carbocycles. The molecule has 3 nitrogen and oxygen atoms in total. The standard InChI is InChI=1S/C15H22N2OS/c1-11(2)6-8-18-9-7-16-15-17-13-10-12(3)4-5-14(13)19-15/h4-5,10-11H,6-9H2,1-3H3,(H,16,17). The monoisotopic (exact) mass is 278 g/mol. The van der Waals surface area contributed by atoms with Crippen molar-refractivity contribution in [3.05, 3.63) is 23.8 Å². The first-order valence-corrected chi connectivity index (χ1v) is 7.65. The Kier molecular flexibility index (Phi) is 5.16. The summed E-state index contributed by atoms with van der Waals surface area (Å²) in [5.41, 5.74) is 2.33. The van der Waals surface area contributed by atoms with Crippen molar-refractivity contribution in [2.75, 3.05) is 25.1 Å². The van der Waals surface area contributed by atoms with Crippen LogP contribution in [0.15, 0.2) is 18.2 Å². The van der Waals surface area contributed by atoms with Crippen LogP contribution in [0.3, 0.4) is 0 Å². The van der Waals surface area contributed by atoms with Gasteiger partial charge < -0.3 is 10.1 Å². The van der Waals surface area contributed by atoms with Crippen molar-refractivity contribution in [2.45, 2.75) is 27.2 Å². The fraction of sp³-hybridized carbons (Fsp3) is 0.533. The van der Waals surface area contributed by atoms with Crippen molar-refractivity contribution >= 4 is 26.7 Å². The molecule has 2 rings (SSSR count). The molecule has 0 spiro atoms. The molecule has 0 saturated heterocycles. The minimum absolute atomic E-state index is 0.709. The Morgan fingerprint density at radius 3 is 2.95 bits per heavy atom. The Morgan fingerprint density at radius 2 is 2.16 bits per heavy atom. The maximum absolute atomic E-state index is 5.57. The summed E-state index contributed by atoms with van der Waals surface area (Å²) in [6.07, 6.45) is 1.13. The number of benzene rings is 1. The van der Waals surface area contributed by atoms with E-state index in [1.165, 1.54) is 10.3 Å². The van der Waals surface area contributed by atoms with Gasteiger partial charge in [0.05, 0.1) is 16.8 Å². The predicted molar refractivity (Wildman–Crippen MR) is 83.1 cm³/mol. The molecule has 1 aromatic heterocycles. The number of hydrogen-bond acceptors (Lipinski definition) is 4. The van der Waals surface area contributed by atoms with E-state index in [1.54, 1.807) is 11.3 Å². The van der Waals surface area contributed by atoms with Crippen molar-refractivity contribution in [3.8, 4) is 0 Å². The minimum atomic E-state index is 0.709. The molecule has 1 N–H and O–H groups in total. The number of thiazole rings is 1. The van der Waals surface area contributed by atoms with Crippen molar-refractivity contribution < 1.29 is 4.74 Å². The summed E-state index contributed by atoms with van der Waals surface area (Å²) in [7, 11) is 0. The zero-order chi connectivity index (χ0) is 13.7. The van der Waals surface area contributed by atoms with Gasteiger partial charge in [-0.15, -0.1) is 0 Å². The Hall–Kier alpha value is -1.13. The molecule has 19 heavy (non-hydrogen) atoms. The van der Waals surface area contributed by atoms with Crippen LogP contribution in [0.5, 0.6) is 0 Å². The Morgan fingerprint density at radius 1 is 1.32 bits per heavy atom. The van der Waals surface area contributed by atoms with E-state index in [9.17, 15) is 0 Å². The molecule has 0 atom stereocenters. The quantitative estimate of drug-likeness (QED) is 0.775. The molecule has 2 aromatic rings. The highest BCUT2D eigenvalue weighted by Gasteiger charge is 2.03. The average Bonchev–Trinajstić information content (AvgIpc) is 2.75. The number of anilines is 1. The van der Waals surface area contributed by atoms with Crippen LogP contribution in [0.25, 0.3) is 10.2 Å². The number of nitrogens with one attached hydrogen (secondary N) is 1. The van der Waals surface area contributed by atoms with Crippen molar-refractivity contribution in [1.82, 2.24) is 4.98 Å². The topological polar surface area (TPSA) is 34.1 Å². The maximum Gasteiger partial charge on any atom is 0.183 e. The van der Waals surface area contributed by atoms with Crippen LogP contribution < -0.4 is 5.32 Å². The van der Waals surface area contributed by atoms with E-state index < -0.39 is 0 Å². The summed E-state index contributed by atoms with van der Waals surface area (Å²) in [5, 5.41) is 4.30. The van der Waals surface area contributed by atoms with Gasteiger partial charge in [-0.1, -0.05) is 31.3 Å². The van der Waals surface area contributed by atoms with Gasteiger partial charge in [0.1, 0.15) is 0 Å². The van der Waals surface area contributed by atoms with Gasteiger partial charge in [0.2, 0.25) is 0 Å². The lowest BCUT2D eigenvalue weighted by Crippen LogP contribution is -2.10. The molecule has 1 aromatic carbocycles. The second-order valence-electron chi connectivity index (χ2n) is 5.21. The van der Waals surface area contributed by atoms with Gasteiger partial charge in [-0.3, -0.25) is 0 Å². The molecular weight excluding hydrogens is 256 g/mol. The molecule has 0 aliphatic rings. The smallest absolute Gasteiger partial charge is 0.183 e. The van der Waals surface area contributed by atoms with Crippen LogP contribution in [0.4, 0.5) is 5.13 Å². The molecule has 1 heterocycles. The summed E-state index contributed by atoms with van der Waals surface area (Å²) >= 11 is 1.70. The van der Waals surface area contributed by atoms with Crippen LogP contribution in [-0.2, 0) is 4.74 Å². The Balaban J connectivity index is 1.75. The highest BCUT2D eigenvalue weighted by Crippen LogP contribution is 2.26. The van der Waals surface area contributed by atoms with Gasteiger partial charge in [-0.2, -0.15) is 0 Å². The van der Waals surface area contributed by atoms with Crippen LogP contribution in [-0.4, -0.2) is 24.7 Å². The first-order chi connectivity index (χ1) is 9.15. The highest BCUT2D eigenvalue weighted by molar-refractivity contribution is 7.22. The van der Waals surface area contributed by atoms with Gasteiger partial charge in [-0.05, 0) is 37.0 Å². The van der Waals surface area contributed by atoms with E-state index in [0.29, 0.717) is 5.92 Å². The van der Waals surface area contributed by atoms with E-state index in [4.69, 9.17) is 4.74 Å². The lowest BCUT2D eigenvalue weighted by molar-refractivity contribution is 0.132. The Labute approximate surface area is 119 Å². The number of fused-ring (bicyclic) bond motifs is 1. The number of hydrogen-bond donors (Lipinski definition) is 1. The van der Waals surface area contributed by atoms with E-state index >= 15 is 0 Å². The molecule has 0 unspecified atom stereocenters.